The molecule has 0 spiro atoms. The summed E-state index contributed by atoms with van der Waals surface area (Å²) in [6, 6.07) is 18.7. The molecule has 0 heterocycles. The van der Waals surface area contributed by atoms with Gasteiger partial charge >= 0.3 is 5.97 Å². The normalized spacial score (nSPS) is 13.3. The van der Waals surface area contributed by atoms with Crippen LogP contribution in [-0.4, -0.2) is 29.9 Å². The number of amides is 2. The molecule has 0 aliphatic heterocycles. The Morgan fingerprint density at radius 1 is 0.674 bits per heavy atom. The Morgan fingerprint density at radius 3 is 1.58 bits per heavy atom. The van der Waals surface area contributed by atoms with Crippen LogP contribution in [-0.2, 0) is 19.1 Å². The number of benzene rings is 2. The van der Waals surface area contributed by atoms with Crippen LogP contribution in [0.2, 0.25) is 0 Å². The van der Waals surface area contributed by atoms with Gasteiger partial charge in [-0.05, 0) is 43.7 Å². The molecule has 43 heavy (non-hydrogen) atoms. The van der Waals surface area contributed by atoms with Crippen molar-refractivity contribution in [3.8, 4) is 0 Å². The number of carbonyl (C=O) groups excluding carboxylic acids is 3. The Labute approximate surface area is 260 Å². The first kappa shape index (κ1) is 36.0. The standard InChI is InChI=1S/C37H56N2O4/c1-8-9-10-11-12-13-14-15-22-27-37(34(42)43-36(5,6)7,32(40)38-28-35(2,3)4)33(41)39-31(29-23-18-16-19-24-29)30-25-20-17-21-26-30/h16-21,23-26,31H,8-15,22,27-28H2,1-7H3,(H,38,40)(H,39,41). The lowest BCUT2D eigenvalue weighted by atomic mass is 9.79. The third-order valence-electron chi connectivity index (χ3n) is 7.50. The van der Waals surface area contributed by atoms with Crippen LogP contribution in [0.5, 0.6) is 0 Å². The average Bonchev–Trinajstić information content (AvgIpc) is 2.95. The number of ether oxygens (including phenoxy) is 1. The second kappa shape index (κ2) is 17.2. The molecule has 0 aliphatic carbocycles. The smallest absolute Gasteiger partial charge is 0.331 e. The summed E-state index contributed by atoms with van der Waals surface area (Å²) in [5, 5.41) is 6.06. The van der Waals surface area contributed by atoms with E-state index in [4.69, 9.17) is 4.74 Å². The summed E-state index contributed by atoms with van der Waals surface area (Å²) >= 11 is 0. The van der Waals surface area contributed by atoms with Crippen LogP contribution in [0.4, 0.5) is 0 Å². The van der Waals surface area contributed by atoms with Crippen LogP contribution in [0.1, 0.15) is 130 Å². The van der Waals surface area contributed by atoms with Crippen molar-refractivity contribution < 1.29 is 19.1 Å². The summed E-state index contributed by atoms with van der Waals surface area (Å²) in [5.74, 6) is -2.04. The van der Waals surface area contributed by atoms with Gasteiger partial charge in [0.2, 0.25) is 17.2 Å². The SMILES string of the molecule is CCCCCCCCCCCC(C(=O)NCC(C)(C)C)(C(=O)NC(c1ccccc1)c1ccccc1)C(=O)OC(C)(C)C. The van der Waals surface area contributed by atoms with E-state index < -0.39 is 34.8 Å². The van der Waals surface area contributed by atoms with E-state index in [0.717, 1.165) is 30.4 Å². The summed E-state index contributed by atoms with van der Waals surface area (Å²) in [6.45, 7) is 13.8. The highest BCUT2D eigenvalue weighted by atomic mass is 16.6. The van der Waals surface area contributed by atoms with Gasteiger partial charge in [-0.25, -0.2) is 0 Å². The number of nitrogens with one attached hydrogen (secondary N) is 2. The van der Waals surface area contributed by atoms with Crippen molar-refractivity contribution in [3.05, 3.63) is 71.8 Å². The van der Waals surface area contributed by atoms with Crippen molar-refractivity contribution in [2.24, 2.45) is 10.8 Å². The molecule has 0 saturated heterocycles. The Kier molecular flexibility index (Phi) is 14.4. The first-order valence-electron chi connectivity index (χ1n) is 16.2. The number of esters is 1. The predicted octanol–water partition coefficient (Wildman–Crippen LogP) is 8.30. The fourth-order valence-corrected chi connectivity index (χ4v) is 5.08. The lowest BCUT2D eigenvalue weighted by Gasteiger charge is -2.34. The maximum Gasteiger partial charge on any atom is 0.331 e. The summed E-state index contributed by atoms with van der Waals surface area (Å²) in [4.78, 5) is 42.7. The third-order valence-corrected chi connectivity index (χ3v) is 7.50. The second-order valence-electron chi connectivity index (χ2n) is 14.0. The van der Waals surface area contributed by atoms with E-state index >= 15 is 0 Å². The third kappa shape index (κ3) is 12.2. The summed E-state index contributed by atoms with van der Waals surface area (Å²) in [7, 11) is 0. The minimum absolute atomic E-state index is 0.0792. The van der Waals surface area contributed by atoms with Crippen molar-refractivity contribution in [1.82, 2.24) is 10.6 Å². The molecule has 238 valence electrons. The fraction of sp³-hybridized carbons (Fsp3) is 0.595. The second-order valence-corrected chi connectivity index (χ2v) is 14.0. The molecule has 2 aromatic rings. The van der Waals surface area contributed by atoms with E-state index in [2.05, 4.69) is 17.6 Å². The van der Waals surface area contributed by atoms with Gasteiger partial charge in [0.1, 0.15) is 5.60 Å². The number of unbranched alkanes of at least 4 members (excludes halogenated alkanes) is 8. The largest absolute Gasteiger partial charge is 0.459 e. The van der Waals surface area contributed by atoms with Crippen LogP contribution >= 0.6 is 0 Å². The van der Waals surface area contributed by atoms with Crippen LogP contribution < -0.4 is 10.6 Å². The Balaban J connectivity index is 2.43. The van der Waals surface area contributed by atoms with Crippen molar-refractivity contribution in [2.75, 3.05) is 6.54 Å². The average molecular weight is 593 g/mol. The Bertz CT molecular complexity index is 1080. The van der Waals surface area contributed by atoms with E-state index in [1.807, 2.05) is 81.4 Å². The van der Waals surface area contributed by atoms with Gasteiger partial charge in [-0.1, -0.05) is 146 Å². The molecule has 6 nitrogen and oxygen atoms in total. The zero-order valence-electron chi connectivity index (χ0n) is 27.8. The molecule has 0 saturated carbocycles. The lowest BCUT2D eigenvalue weighted by molar-refractivity contribution is -0.175. The maximum atomic E-state index is 14.5. The minimum Gasteiger partial charge on any atom is -0.459 e. The topological polar surface area (TPSA) is 84.5 Å². The number of carbonyl (C=O) groups is 3. The molecule has 0 aromatic heterocycles. The van der Waals surface area contributed by atoms with Crippen molar-refractivity contribution >= 4 is 17.8 Å². The summed E-state index contributed by atoms with van der Waals surface area (Å²) < 4.78 is 5.84. The molecule has 0 bridgehead atoms. The Hall–Kier alpha value is -3.15. The van der Waals surface area contributed by atoms with Crippen molar-refractivity contribution in [1.29, 1.82) is 0 Å². The zero-order chi connectivity index (χ0) is 31.9. The highest BCUT2D eigenvalue weighted by Crippen LogP contribution is 2.33. The predicted molar refractivity (Wildman–Crippen MR) is 175 cm³/mol. The van der Waals surface area contributed by atoms with Crippen LogP contribution in [0, 0.1) is 10.8 Å². The highest BCUT2D eigenvalue weighted by molar-refractivity contribution is 6.21. The first-order valence-corrected chi connectivity index (χ1v) is 16.2. The van der Waals surface area contributed by atoms with E-state index in [9.17, 15) is 14.4 Å². The molecule has 2 N–H and O–H groups in total. The molecule has 1 unspecified atom stereocenters. The molecule has 0 radical (unpaired) electrons. The number of rotatable bonds is 17. The highest BCUT2D eigenvalue weighted by Gasteiger charge is 2.55. The summed E-state index contributed by atoms with van der Waals surface area (Å²) in [6.07, 6.45) is 9.74. The molecule has 2 amide bonds. The van der Waals surface area contributed by atoms with Crippen molar-refractivity contribution in [2.45, 2.75) is 124 Å². The molecule has 2 aromatic carbocycles. The van der Waals surface area contributed by atoms with Gasteiger partial charge in [-0.15, -0.1) is 0 Å². The van der Waals surface area contributed by atoms with E-state index in [1.165, 1.54) is 32.1 Å². The molecule has 0 aliphatic rings. The van der Waals surface area contributed by atoms with Gasteiger partial charge in [0.05, 0.1) is 6.04 Å². The molecule has 1 atom stereocenters. The maximum absolute atomic E-state index is 14.5. The van der Waals surface area contributed by atoms with E-state index in [0.29, 0.717) is 13.0 Å². The van der Waals surface area contributed by atoms with E-state index in [-0.39, 0.29) is 11.8 Å². The van der Waals surface area contributed by atoms with Crippen LogP contribution in [0.25, 0.3) is 0 Å². The quantitative estimate of drug-likeness (QED) is 0.110. The van der Waals surface area contributed by atoms with Gasteiger partial charge in [-0.3, -0.25) is 14.4 Å². The molecule has 0 fully saturated rings. The van der Waals surface area contributed by atoms with Gasteiger partial charge in [-0.2, -0.15) is 0 Å². The zero-order valence-corrected chi connectivity index (χ0v) is 27.8. The lowest BCUT2D eigenvalue weighted by Crippen LogP contribution is -2.59. The van der Waals surface area contributed by atoms with Crippen LogP contribution in [0.15, 0.2) is 60.7 Å². The Morgan fingerprint density at radius 2 is 1.14 bits per heavy atom. The number of hydrogen-bond acceptors (Lipinski definition) is 4. The van der Waals surface area contributed by atoms with E-state index in [1.54, 1.807) is 20.8 Å². The number of hydrogen-bond donors (Lipinski definition) is 2. The molecule has 2 rings (SSSR count). The van der Waals surface area contributed by atoms with Gasteiger partial charge in [0.25, 0.3) is 0 Å². The first-order chi connectivity index (χ1) is 20.3. The minimum atomic E-state index is -2.03. The van der Waals surface area contributed by atoms with Gasteiger partial charge in [0, 0.05) is 6.54 Å². The van der Waals surface area contributed by atoms with Gasteiger partial charge in [0.15, 0.2) is 0 Å². The molecular formula is C37H56N2O4. The monoisotopic (exact) mass is 592 g/mol. The molecule has 6 heteroatoms. The fourth-order valence-electron chi connectivity index (χ4n) is 5.08. The van der Waals surface area contributed by atoms with Crippen LogP contribution in [0.3, 0.4) is 0 Å². The summed E-state index contributed by atoms with van der Waals surface area (Å²) in [5.41, 5.74) is -1.41. The molecular weight excluding hydrogens is 536 g/mol. The van der Waals surface area contributed by atoms with Gasteiger partial charge < -0.3 is 15.4 Å². The van der Waals surface area contributed by atoms with Crippen molar-refractivity contribution in [3.63, 3.8) is 0 Å².